The second-order valence-corrected chi connectivity index (χ2v) is 8.50. The molecule has 2 heterocycles. The molecular formula is C19H24N2O3S. The van der Waals surface area contributed by atoms with Crippen LogP contribution in [0.3, 0.4) is 0 Å². The van der Waals surface area contributed by atoms with E-state index in [4.69, 9.17) is 4.74 Å². The van der Waals surface area contributed by atoms with Crippen molar-refractivity contribution in [3.8, 4) is 5.75 Å². The average molecular weight is 360 g/mol. The zero-order valence-corrected chi connectivity index (χ0v) is 15.2. The van der Waals surface area contributed by atoms with Crippen LogP contribution in [0, 0.1) is 5.92 Å². The van der Waals surface area contributed by atoms with Gasteiger partial charge in [0.15, 0.2) is 6.61 Å². The van der Waals surface area contributed by atoms with E-state index < -0.39 is 0 Å². The molecule has 2 saturated heterocycles. The lowest BCUT2D eigenvalue weighted by Gasteiger charge is -2.44. The second-order valence-electron chi connectivity index (χ2n) is 7.04. The van der Waals surface area contributed by atoms with Gasteiger partial charge in [-0.1, -0.05) is 18.2 Å². The number of rotatable bonds is 4. The van der Waals surface area contributed by atoms with Crippen molar-refractivity contribution in [2.45, 2.75) is 30.6 Å². The van der Waals surface area contributed by atoms with E-state index in [-0.39, 0.29) is 23.3 Å². The molecule has 0 bridgehead atoms. The Morgan fingerprint density at radius 1 is 1.12 bits per heavy atom. The molecule has 3 fully saturated rings. The summed E-state index contributed by atoms with van der Waals surface area (Å²) in [6.07, 6.45) is 3.84. The highest BCUT2D eigenvalue weighted by molar-refractivity contribution is 8.00. The van der Waals surface area contributed by atoms with Crippen LogP contribution in [0.25, 0.3) is 0 Å². The molecule has 1 spiro atoms. The minimum Gasteiger partial charge on any atom is -0.484 e. The second kappa shape index (κ2) is 6.90. The van der Waals surface area contributed by atoms with Crippen LogP contribution in [0.2, 0.25) is 0 Å². The van der Waals surface area contributed by atoms with Crippen LogP contribution in [-0.4, -0.2) is 58.5 Å². The molecule has 1 aliphatic carbocycles. The highest BCUT2D eigenvalue weighted by Gasteiger charge is 2.47. The van der Waals surface area contributed by atoms with Crippen LogP contribution in [0.1, 0.15) is 25.7 Å². The van der Waals surface area contributed by atoms with Crippen molar-refractivity contribution in [3.63, 3.8) is 0 Å². The Balaban J connectivity index is 1.35. The number of hydrogen-bond acceptors (Lipinski definition) is 4. The molecule has 2 amide bonds. The maximum atomic E-state index is 12.7. The molecule has 1 aromatic carbocycles. The summed E-state index contributed by atoms with van der Waals surface area (Å²) in [5.74, 6) is 2.34. The van der Waals surface area contributed by atoms with Gasteiger partial charge in [-0.2, -0.15) is 0 Å². The zero-order valence-electron chi connectivity index (χ0n) is 14.4. The first kappa shape index (κ1) is 16.8. The van der Waals surface area contributed by atoms with Crippen LogP contribution in [0.5, 0.6) is 5.75 Å². The normalized spacial score (nSPS) is 22.2. The Hall–Kier alpha value is -1.69. The number of carbonyl (C=O) groups is 2. The molecule has 0 aromatic heterocycles. The molecule has 1 aromatic rings. The van der Waals surface area contributed by atoms with E-state index in [0.717, 1.165) is 56.8 Å². The minimum atomic E-state index is -0.141. The Morgan fingerprint density at radius 2 is 1.84 bits per heavy atom. The van der Waals surface area contributed by atoms with E-state index >= 15 is 0 Å². The third kappa shape index (κ3) is 3.50. The summed E-state index contributed by atoms with van der Waals surface area (Å²) in [6.45, 7) is 2.40. The van der Waals surface area contributed by atoms with Gasteiger partial charge in [-0.3, -0.25) is 9.59 Å². The van der Waals surface area contributed by atoms with Gasteiger partial charge in [0, 0.05) is 31.3 Å². The van der Waals surface area contributed by atoms with Gasteiger partial charge in [0.1, 0.15) is 5.75 Å². The number of hydrogen-bond donors (Lipinski definition) is 0. The number of likely N-dealkylation sites (tertiary alicyclic amines) is 1. The molecule has 0 radical (unpaired) electrons. The van der Waals surface area contributed by atoms with Crippen molar-refractivity contribution in [2.75, 3.05) is 32.0 Å². The summed E-state index contributed by atoms with van der Waals surface area (Å²) in [4.78, 5) is 28.9. The number of carbonyl (C=O) groups excluding carboxylic acids is 2. The van der Waals surface area contributed by atoms with Gasteiger partial charge < -0.3 is 14.5 Å². The number of piperidine rings is 1. The van der Waals surface area contributed by atoms with Crippen LogP contribution >= 0.6 is 11.8 Å². The lowest BCUT2D eigenvalue weighted by molar-refractivity contribution is -0.139. The lowest BCUT2D eigenvalue weighted by atomic mass is 10.0. The first-order valence-corrected chi connectivity index (χ1v) is 10.1. The fraction of sp³-hybridized carbons (Fsp3) is 0.579. The summed E-state index contributed by atoms with van der Waals surface area (Å²) in [7, 11) is 0. The molecule has 0 unspecified atom stereocenters. The lowest BCUT2D eigenvalue weighted by Crippen LogP contribution is -2.54. The Bertz CT molecular complexity index is 639. The predicted octanol–water partition coefficient (Wildman–Crippen LogP) is 2.37. The molecule has 3 aliphatic rings. The van der Waals surface area contributed by atoms with Crippen LogP contribution < -0.4 is 4.74 Å². The minimum absolute atomic E-state index is 0.0517. The molecule has 2 aliphatic heterocycles. The van der Waals surface area contributed by atoms with Crippen molar-refractivity contribution in [1.82, 2.24) is 9.80 Å². The number of para-hydroxylation sites is 1. The molecule has 0 atom stereocenters. The van der Waals surface area contributed by atoms with Crippen LogP contribution in [-0.2, 0) is 9.59 Å². The largest absolute Gasteiger partial charge is 0.484 e. The SMILES string of the molecule is O=C(C1CC1)N1CCC2(CC1)SCCN2C(=O)COc1ccccc1. The van der Waals surface area contributed by atoms with Crippen molar-refractivity contribution in [3.05, 3.63) is 30.3 Å². The molecule has 134 valence electrons. The topological polar surface area (TPSA) is 49.9 Å². The highest BCUT2D eigenvalue weighted by atomic mass is 32.2. The number of amides is 2. The average Bonchev–Trinajstić information content (AvgIpc) is 3.43. The van der Waals surface area contributed by atoms with Gasteiger partial charge in [-0.15, -0.1) is 11.8 Å². The van der Waals surface area contributed by atoms with Crippen molar-refractivity contribution in [1.29, 1.82) is 0 Å². The van der Waals surface area contributed by atoms with E-state index in [0.29, 0.717) is 5.91 Å². The quantitative estimate of drug-likeness (QED) is 0.827. The van der Waals surface area contributed by atoms with Crippen molar-refractivity contribution < 1.29 is 14.3 Å². The van der Waals surface area contributed by atoms with Gasteiger partial charge in [-0.05, 0) is 37.8 Å². The monoisotopic (exact) mass is 360 g/mol. The van der Waals surface area contributed by atoms with E-state index in [2.05, 4.69) is 0 Å². The van der Waals surface area contributed by atoms with Gasteiger partial charge in [-0.25, -0.2) is 0 Å². The van der Waals surface area contributed by atoms with Gasteiger partial charge in [0.2, 0.25) is 5.91 Å². The molecular weight excluding hydrogens is 336 g/mol. The van der Waals surface area contributed by atoms with E-state index in [9.17, 15) is 9.59 Å². The summed E-state index contributed by atoms with van der Waals surface area (Å²) < 4.78 is 5.65. The maximum absolute atomic E-state index is 12.7. The highest BCUT2D eigenvalue weighted by Crippen LogP contribution is 2.44. The fourth-order valence-corrected chi connectivity index (χ4v) is 5.25. The van der Waals surface area contributed by atoms with Crippen LogP contribution in [0.4, 0.5) is 0 Å². The third-order valence-electron chi connectivity index (χ3n) is 5.37. The molecule has 6 heteroatoms. The summed E-state index contributed by atoms with van der Waals surface area (Å²) in [6, 6.07) is 9.46. The molecule has 5 nitrogen and oxygen atoms in total. The number of ether oxygens (including phenoxy) is 1. The van der Waals surface area contributed by atoms with Gasteiger partial charge in [0.25, 0.3) is 5.91 Å². The van der Waals surface area contributed by atoms with E-state index in [1.54, 1.807) is 0 Å². The van der Waals surface area contributed by atoms with Gasteiger partial charge >= 0.3 is 0 Å². The zero-order chi connectivity index (χ0) is 17.3. The Labute approximate surface area is 152 Å². The Kier molecular flexibility index (Phi) is 4.63. The number of benzene rings is 1. The standard InChI is InChI=1S/C19H24N2O3S/c22-17(14-24-16-4-2-1-3-5-16)21-12-13-25-19(21)8-10-20(11-9-19)18(23)15-6-7-15/h1-5,15H,6-14H2. The first-order chi connectivity index (χ1) is 12.2. The van der Waals surface area contributed by atoms with Crippen LogP contribution in [0.15, 0.2) is 30.3 Å². The van der Waals surface area contributed by atoms with E-state index in [1.165, 1.54) is 0 Å². The maximum Gasteiger partial charge on any atom is 0.261 e. The first-order valence-electron chi connectivity index (χ1n) is 9.09. The van der Waals surface area contributed by atoms with Crippen molar-refractivity contribution >= 4 is 23.6 Å². The Morgan fingerprint density at radius 3 is 2.52 bits per heavy atom. The molecule has 25 heavy (non-hydrogen) atoms. The summed E-state index contributed by atoms with van der Waals surface area (Å²) >= 11 is 1.87. The molecule has 4 rings (SSSR count). The fourth-order valence-electron chi connectivity index (χ4n) is 3.78. The smallest absolute Gasteiger partial charge is 0.261 e. The number of thioether (sulfide) groups is 1. The predicted molar refractivity (Wildman–Crippen MR) is 97.4 cm³/mol. The summed E-state index contributed by atoms with van der Waals surface area (Å²) in [5.41, 5.74) is 0. The van der Waals surface area contributed by atoms with E-state index in [1.807, 2.05) is 51.9 Å². The van der Waals surface area contributed by atoms with Crippen molar-refractivity contribution in [2.24, 2.45) is 5.92 Å². The third-order valence-corrected chi connectivity index (χ3v) is 6.92. The number of nitrogens with zero attached hydrogens (tertiary/aromatic N) is 2. The summed E-state index contributed by atoms with van der Waals surface area (Å²) in [5, 5.41) is 0. The van der Waals surface area contributed by atoms with Gasteiger partial charge in [0.05, 0.1) is 4.87 Å². The molecule has 1 saturated carbocycles. The molecule has 0 N–H and O–H groups in total.